The van der Waals surface area contributed by atoms with Crippen LogP contribution in [-0.4, -0.2) is 0 Å². The first-order valence-electron chi connectivity index (χ1n) is 5.63. The lowest BCUT2D eigenvalue weighted by Crippen LogP contribution is -2.33. The monoisotopic (exact) mass is 189 g/mol. The van der Waals surface area contributed by atoms with Gasteiger partial charge in [0, 0.05) is 5.54 Å². The van der Waals surface area contributed by atoms with Crippen LogP contribution in [0.2, 0.25) is 0 Å². The Labute approximate surface area is 86.3 Å². The highest BCUT2D eigenvalue weighted by Crippen LogP contribution is 2.36. The van der Waals surface area contributed by atoms with Gasteiger partial charge in [0.1, 0.15) is 0 Å². The van der Waals surface area contributed by atoms with Crippen molar-refractivity contribution in [2.24, 2.45) is 5.73 Å². The molecule has 0 radical (unpaired) electrons. The fourth-order valence-corrected chi connectivity index (χ4v) is 2.40. The molecule has 0 aliphatic heterocycles. The van der Waals surface area contributed by atoms with Crippen LogP contribution in [0.5, 0.6) is 0 Å². The second-order valence-corrected chi connectivity index (χ2v) is 4.42. The largest absolute Gasteiger partial charge is 0.321 e. The van der Waals surface area contributed by atoms with Crippen molar-refractivity contribution in [1.82, 2.24) is 0 Å². The Balaban J connectivity index is 2.30. The van der Waals surface area contributed by atoms with Gasteiger partial charge in [-0.25, -0.2) is 0 Å². The Hall–Kier alpha value is -0.820. The summed E-state index contributed by atoms with van der Waals surface area (Å²) in [6.45, 7) is 2.19. The minimum absolute atomic E-state index is 0.0226. The van der Waals surface area contributed by atoms with Crippen LogP contribution in [0.1, 0.15) is 43.7 Å². The maximum Gasteiger partial charge on any atom is 0.0409 e. The normalized spacial score (nSPS) is 19.9. The third-order valence-corrected chi connectivity index (χ3v) is 3.41. The molecule has 0 amide bonds. The summed E-state index contributed by atoms with van der Waals surface area (Å²) >= 11 is 0. The van der Waals surface area contributed by atoms with Gasteiger partial charge < -0.3 is 5.73 Å². The molecule has 0 atom stereocenters. The van der Waals surface area contributed by atoms with Gasteiger partial charge in [0.15, 0.2) is 0 Å². The third kappa shape index (κ3) is 1.69. The molecule has 1 nitrogen and oxygen atoms in total. The molecule has 14 heavy (non-hydrogen) atoms. The summed E-state index contributed by atoms with van der Waals surface area (Å²) in [4.78, 5) is 0. The van der Waals surface area contributed by atoms with Gasteiger partial charge in [-0.05, 0) is 30.4 Å². The van der Waals surface area contributed by atoms with Crippen molar-refractivity contribution in [3.05, 3.63) is 35.4 Å². The molecule has 0 unspecified atom stereocenters. The number of rotatable bonds is 2. The standard InChI is InChI=1S/C13H19N/c1-2-11-6-5-7-12(10-11)13(14)8-3-4-9-13/h5-7,10H,2-4,8-9,14H2,1H3. The Bertz CT molecular complexity index is 311. The molecule has 0 heterocycles. The maximum absolute atomic E-state index is 6.40. The van der Waals surface area contributed by atoms with E-state index in [9.17, 15) is 0 Å². The van der Waals surface area contributed by atoms with Gasteiger partial charge in [-0.1, -0.05) is 44.0 Å². The maximum atomic E-state index is 6.40. The van der Waals surface area contributed by atoms with Crippen LogP contribution in [0.25, 0.3) is 0 Å². The van der Waals surface area contributed by atoms with Crippen molar-refractivity contribution in [2.45, 2.75) is 44.6 Å². The molecule has 2 rings (SSSR count). The lowest BCUT2D eigenvalue weighted by Gasteiger charge is -2.24. The van der Waals surface area contributed by atoms with Crippen molar-refractivity contribution in [3.63, 3.8) is 0 Å². The van der Waals surface area contributed by atoms with E-state index >= 15 is 0 Å². The highest BCUT2D eigenvalue weighted by atomic mass is 14.8. The van der Waals surface area contributed by atoms with Crippen molar-refractivity contribution in [3.8, 4) is 0 Å². The Morgan fingerprint density at radius 1 is 1.29 bits per heavy atom. The predicted molar refractivity (Wildman–Crippen MR) is 60.2 cm³/mol. The molecule has 1 aromatic rings. The lowest BCUT2D eigenvalue weighted by atomic mass is 9.88. The lowest BCUT2D eigenvalue weighted by molar-refractivity contribution is 0.461. The number of aryl methyl sites for hydroxylation is 1. The van der Waals surface area contributed by atoms with Crippen LogP contribution < -0.4 is 5.73 Å². The van der Waals surface area contributed by atoms with E-state index in [1.807, 2.05) is 0 Å². The van der Waals surface area contributed by atoms with Crippen molar-refractivity contribution in [1.29, 1.82) is 0 Å². The van der Waals surface area contributed by atoms with E-state index in [0.717, 1.165) is 19.3 Å². The molecule has 0 saturated heterocycles. The van der Waals surface area contributed by atoms with E-state index in [2.05, 4.69) is 31.2 Å². The fraction of sp³-hybridized carbons (Fsp3) is 0.538. The summed E-state index contributed by atoms with van der Waals surface area (Å²) < 4.78 is 0. The van der Waals surface area contributed by atoms with Crippen molar-refractivity contribution >= 4 is 0 Å². The average Bonchev–Trinajstić information content (AvgIpc) is 2.67. The molecule has 1 aliphatic rings. The zero-order valence-corrected chi connectivity index (χ0v) is 8.92. The quantitative estimate of drug-likeness (QED) is 0.760. The molecule has 2 N–H and O–H groups in total. The molecule has 76 valence electrons. The highest BCUT2D eigenvalue weighted by molar-refractivity contribution is 5.30. The SMILES string of the molecule is CCc1cccc(C2(N)CCCC2)c1. The predicted octanol–water partition coefficient (Wildman–Crippen LogP) is 2.98. The molecule has 1 heteroatoms. The molecule has 1 aliphatic carbocycles. The van der Waals surface area contributed by atoms with Gasteiger partial charge in [-0.3, -0.25) is 0 Å². The van der Waals surface area contributed by atoms with Crippen LogP contribution in [0.3, 0.4) is 0 Å². The van der Waals surface area contributed by atoms with Crippen molar-refractivity contribution in [2.75, 3.05) is 0 Å². The second-order valence-electron chi connectivity index (χ2n) is 4.42. The molecule has 1 saturated carbocycles. The summed E-state index contributed by atoms with van der Waals surface area (Å²) in [5.74, 6) is 0. The van der Waals surface area contributed by atoms with Crippen LogP contribution in [0, 0.1) is 0 Å². The molecular formula is C13H19N. The summed E-state index contributed by atoms with van der Waals surface area (Å²) in [6.07, 6.45) is 5.98. The van der Waals surface area contributed by atoms with Gasteiger partial charge in [-0.15, -0.1) is 0 Å². The minimum Gasteiger partial charge on any atom is -0.321 e. The van der Waals surface area contributed by atoms with Crippen molar-refractivity contribution < 1.29 is 0 Å². The summed E-state index contributed by atoms with van der Waals surface area (Å²) in [5.41, 5.74) is 9.13. The number of hydrogen-bond acceptors (Lipinski definition) is 1. The van der Waals surface area contributed by atoms with Crippen LogP contribution in [0.4, 0.5) is 0 Å². The number of benzene rings is 1. The third-order valence-electron chi connectivity index (χ3n) is 3.41. The molecule has 1 fully saturated rings. The minimum atomic E-state index is -0.0226. The summed E-state index contributed by atoms with van der Waals surface area (Å²) in [5, 5.41) is 0. The highest BCUT2D eigenvalue weighted by Gasteiger charge is 2.30. The van der Waals surface area contributed by atoms with E-state index < -0.39 is 0 Å². The van der Waals surface area contributed by atoms with E-state index in [4.69, 9.17) is 5.73 Å². The Morgan fingerprint density at radius 2 is 2.00 bits per heavy atom. The van der Waals surface area contributed by atoms with Gasteiger partial charge in [0.25, 0.3) is 0 Å². The van der Waals surface area contributed by atoms with Gasteiger partial charge in [0.2, 0.25) is 0 Å². The van der Waals surface area contributed by atoms with Gasteiger partial charge in [0.05, 0.1) is 0 Å². The van der Waals surface area contributed by atoms with Crippen LogP contribution >= 0.6 is 0 Å². The summed E-state index contributed by atoms with van der Waals surface area (Å²) in [7, 11) is 0. The molecular weight excluding hydrogens is 170 g/mol. The first-order valence-corrected chi connectivity index (χ1v) is 5.63. The van der Waals surface area contributed by atoms with E-state index in [-0.39, 0.29) is 5.54 Å². The molecule has 0 spiro atoms. The number of nitrogens with two attached hydrogens (primary N) is 1. The first-order chi connectivity index (χ1) is 6.74. The Morgan fingerprint density at radius 3 is 2.64 bits per heavy atom. The zero-order valence-electron chi connectivity index (χ0n) is 8.92. The van der Waals surface area contributed by atoms with E-state index in [0.29, 0.717) is 0 Å². The average molecular weight is 189 g/mol. The van der Waals surface area contributed by atoms with Crippen LogP contribution in [-0.2, 0) is 12.0 Å². The fourth-order valence-electron chi connectivity index (χ4n) is 2.40. The first kappa shape index (κ1) is 9.72. The van der Waals surface area contributed by atoms with Gasteiger partial charge in [-0.2, -0.15) is 0 Å². The number of hydrogen-bond donors (Lipinski definition) is 1. The second kappa shape index (κ2) is 3.74. The van der Waals surface area contributed by atoms with E-state index in [1.165, 1.54) is 24.0 Å². The molecule has 0 bridgehead atoms. The molecule has 1 aromatic carbocycles. The Kier molecular flexibility index (Phi) is 2.60. The molecule has 0 aromatic heterocycles. The zero-order chi connectivity index (χ0) is 10.0. The smallest absolute Gasteiger partial charge is 0.0409 e. The summed E-state index contributed by atoms with van der Waals surface area (Å²) in [6, 6.07) is 8.79. The van der Waals surface area contributed by atoms with E-state index in [1.54, 1.807) is 0 Å². The van der Waals surface area contributed by atoms with Gasteiger partial charge >= 0.3 is 0 Å². The van der Waals surface area contributed by atoms with Crippen LogP contribution in [0.15, 0.2) is 24.3 Å². The topological polar surface area (TPSA) is 26.0 Å².